The van der Waals surface area contributed by atoms with Gasteiger partial charge >= 0.3 is 6.09 Å². The van der Waals surface area contributed by atoms with E-state index in [1.165, 1.54) is 4.90 Å². The molecule has 1 amide bonds. The number of aromatic nitrogens is 2. The number of H-pyrrole nitrogens is 1. The Balaban J connectivity index is 2.33. The molecule has 0 bridgehead atoms. The van der Waals surface area contributed by atoms with Gasteiger partial charge in [-0.2, -0.15) is 0 Å². The van der Waals surface area contributed by atoms with Gasteiger partial charge in [-0.05, 0) is 25.1 Å². The van der Waals surface area contributed by atoms with Gasteiger partial charge < -0.3 is 14.6 Å². The first kappa shape index (κ1) is 13.4. The quantitative estimate of drug-likeness (QED) is 0.939. The fourth-order valence-electron chi connectivity index (χ4n) is 1.51. The van der Waals surface area contributed by atoms with E-state index in [-0.39, 0.29) is 0 Å². The number of carbonyl (C=O) groups excluding carboxylic acids is 1. The molecule has 0 aliphatic carbocycles. The number of hydrogen-bond donors (Lipinski definition) is 1. The van der Waals surface area contributed by atoms with Crippen molar-refractivity contribution in [2.75, 3.05) is 13.6 Å². The zero-order valence-corrected chi connectivity index (χ0v) is 11.4. The number of rotatable bonds is 3. The van der Waals surface area contributed by atoms with Crippen molar-refractivity contribution in [3.63, 3.8) is 0 Å². The Kier molecular flexibility index (Phi) is 4.06. The lowest BCUT2D eigenvalue weighted by molar-refractivity contribution is 0.165. The molecule has 19 heavy (non-hydrogen) atoms. The van der Waals surface area contributed by atoms with E-state index < -0.39 is 6.09 Å². The van der Waals surface area contributed by atoms with E-state index in [1.807, 2.05) is 6.92 Å². The zero-order chi connectivity index (χ0) is 13.8. The second-order valence-electron chi connectivity index (χ2n) is 3.99. The highest BCUT2D eigenvalue weighted by Crippen LogP contribution is 2.31. The van der Waals surface area contributed by atoms with Crippen LogP contribution in [0, 0.1) is 0 Å². The third-order valence-corrected chi connectivity index (χ3v) is 2.95. The molecule has 1 aromatic heterocycles. The average molecular weight is 280 g/mol. The molecule has 0 aliphatic rings. The Morgan fingerprint density at radius 3 is 2.95 bits per heavy atom. The monoisotopic (exact) mass is 279 g/mol. The number of hydrogen-bond acceptors (Lipinski definition) is 3. The van der Waals surface area contributed by atoms with Crippen LogP contribution in [0.4, 0.5) is 4.79 Å². The highest BCUT2D eigenvalue weighted by atomic mass is 35.5. The van der Waals surface area contributed by atoms with Crippen molar-refractivity contribution in [3.05, 3.63) is 35.7 Å². The van der Waals surface area contributed by atoms with Gasteiger partial charge in [-0.15, -0.1) is 0 Å². The molecule has 0 unspecified atom stereocenters. The second kappa shape index (κ2) is 5.75. The molecule has 2 aromatic rings. The number of halogens is 1. The fourth-order valence-corrected chi connectivity index (χ4v) is 1.68. The molecule has 1 aromatic carbocycles. The first-order valence-corrected chi connectivity index (χ1v) is 6.21. The van der Waals surface area contributed by atoms with Crippen molar-refractivity contribution in [2.45, 2.75) is 6.92 Å². The maximum atomic E-state index is 11.8. The van der Waals surface area contributed by atoms with Crippen LogP contribution >= 0.6 is 11.6 Å². The van der Waals surface area contributed by atoms with Crippen molar-refractivity contribution in [1.82, 2.24) is 14.9 Å². The van der Waals surface area contributed by atoms with Gasteiger partial charge in [-0.3, -0.25) is 0 Å². The molecule has 0 radical (unpaired) electrons. The number of ether oxygens (including phenoxy) is 1. The maximum absolute atomic E-state index is 11.8. The third kappa shape index (κ3) is 3.06. The van der Waals surface area contributed by atoms with Crippen molar-refractivity contribution in [1.29, 1.82) is 0 Å². The van der Waals surface area contributed by atoms with Gasteiger partial charge in [0.1, 0.15) is 5.75 Å². The molecule has 1 N–H and O–H groups in total. The topological polar surface area (TPSA) is 58.2 Å². The maximum Gasteiger partial charge on any atom is 0.414 e. The molecule has 1 heterocycles. The number of imidazole rings is 1. The van der Waals surface area contributed by atoms with Gasteiger partial charge in [0.25, 0.3) is 0 Å². The summed E-state index contributed by atoms with van der Waals surface area (Å²) in [5.74, 6) is 0.443. The Morgan fingerprint density at radius 1 is 1.53 bits per heavy atom. The summed E-state index contributed by atoms with van der Waals surface area (Å²) in [7, 11) is 1.67. The molecule has 6 heteroatoms. The molecule has 0 aliphatic heterocycles. The first-order valence-electron chi connectivity index (χ1n) is 5.83. The first-order chi connectivity index (χ1) is 9.11. The van der Waals surface area contributed by atoms with Gasteiger partial charge in [-0.25, -0.2) is 9.78 Å². The normalized spacial score (nSPS) is 10.3. The average Bonchev–Trinajstić information content (AvgIpc) is 2.93. The molecule has 0 atom stereocenters. The summed E-state index contributed by atoms with van der Waals surface area (Å²) in [6.45, 7) is 2.45. The molecular formula is C13H14ClN3O2. The van der Waals surface area contributed by atoms with E-state index in [4.69, 9.17) is 16.3 Å². The van der Waals surface area contributed by atoms with Crippen LogP contribution in [0.1, 0.15) is 6.92 Å². The molecule has 0 spiro atoms. The summed E-state index contributed by atoms with van der Waals surface area (Å²) in [5, 5.41) is 0.563. The van der Waals surface area contributed by atoms with Crippen molar-refractivity contribution in [2.24, 2.45) is 0 Å². The van der Waals surface area contributed by atoms with E-state index in [9.17, 15) is 4.79 Å². The number of nitrogens with zero attached hydrogens (tertiary/aromatic N) is 2. The van der Waals surface area contributed by atoms with Crippen molar-refractivity contribution >= 4 is 17.7 Å². The predicted octanol–water partition coefficient (Wildman–Crippen LogP) is 3.18. The van der Waals surface area contributed by atoms with Gasteiger partial charge in [-0.1, -0.05) is 11.6 Å². The van der Waals surface area contributed by atoms with Crippen LogP contribution in [0.3, 0.4) is 0 Å². The molecule has 0 saturated carbocycles. The van der Waals surface area contributed by atoms with E-state index >= 15 is 0 Å². The Labute approximate surface area is 116 Å². The summed E-state index contributed by atoms with van der Waals surface area (Å²) < 4.78 is 5.36. The number of nitrogens with one attached hydrogen (secondary N) is 1. The van der Waals surface area contributed by atoms with Crippen LogP contribution in [-0.2, 0) is 0 Å². The zero-order valence-electron chi connectivity index (χ0n) is 10.7. The third-order valence-electron chi connectivity index (χ3n) is 2.71. The SMILES string of the molecule is CCN(C)C(=O)Oc1ccc(Cl)cc1-c1cnc[nH]1. The summed E-state index contributed by atoms with van der Waals surface area (Å²) in [6.07, 6.45) is 2.79. The summed E-state index contributed by atoms with van der Waals surface area (Å²) in [6, 6.07) is 5.07. The number of amides is 1. The van der Waals surface area contributed by atoms with Gasteiger partial charge in [0.15, 0.2) is 0 Å². The van der Waals surface area contributed by atoms with Crippen molar-refractivity contribution in [3.8, 4) is 17.0 Å². The summed E-state index contributed by atoms with van der Waals surface area (Å²) in [5.41, 5.74) is 1.44. The van der Waals surface area contributed by atoms with E-state index in [0.29, 0.717) is 22.9 Å². The van der Waals surface area contributed by atoms with Crippen LogP contribution in [0.15, 0.2) is 30.7 Å². The van der Waals surface area contributed by atoms with Crippen LogP contribution in [0.25, 0.3) is 11.3 Å². The lowest BCUT2D eigenvalue weighted by atomic mass is 10.1. The minimum Gasteiger partial charge on any atom is -0.409 e. The lowest BCUT2D eigenvalue weighted by Gasteiger charge is -2.16. The summed E-state index contributed by atoms with van der Waals surface area (Å²) >= 11 is 5.97. The highest BCUT2D eigenvalue weighted by molar-refractivity contribution is 6.31. The highest BCUT2D eigenvalue weighted by Gasteiger charge is 2.14. The largest absolute Gasteiger partial charge is 0.414 e. The van der Waals surface area contributed by atoms with Gasteiger partial charge in [0.05, 0.1) is 18.2 Å². The number of aromatic amines is 1. The molecule has 5 nitrogen and oxygen atoms in total. The Morgan fingerprint density at radius 2 is 2.32 bits per heavy atom. The predicted molar refractivity (Wildman–Crippen MR) is 73.4 cm³/mol. The van der Waals surface area contributed by atoms with Gasteiger partial charge in [0.2, 0.25) is 0 Å². The standard InChI is InChI=1S/C13H14ClN3O2/c1-3-17(2)13(18)19-12-5-4-9(14)6-10(12)11-7-15-8-16-11/h4-8H,3H2,1-2H3,(H,15,16). The Hall–Kier alpha value is -2.01. The van der Waals surface area contributed by atoms with Crippen molar-refractivity contribution < 1.29 is 9.53 Å². The van der Waals surface area contributed by atoms with Gasteiger partial charge in [0, 0.05) is 24.2 Å². The Bertz CT molecular complexity index is 569. The molecule has 0 saturated heterocycles. The minimum absolute atomic E-state index is 0.411. The smallest absolute Gasteiger partial charge is 0.409 e. The van der Waals surface area contributed by atoms with Crippen LogP contribution in [0.5, 0.6) is 5.75 Å². The molecular weight excluding hydrogens is 266 g/mol. The summed E-state index contributed by atoms with van der Waals surface area (Å²) in [4.78, 5) is 20.2. The molecule has 2 rings (SSSR count). The molecule has 100 valence electrons. The fraction of sp³-hybridized carbons (Fsp3) is 0.231. The van der Waals surface area contributed by atoms with E-state index in [1.54, 1.807) is 37.8 Å². The van der Waals surface area contributed by atoms with E-state index in [0.717, 1.165) is 5.69 Å². The van der Waals surface area contributed by atoms with Crippen LogP contribution in [0.2, 0.25) is 5.02 Å². The number of carbonyl (C=O) groups is 1. The van der Waals surface area contributed by atoms with Crippen LogP contribution < -0.4 is 4.74 Å². The van der Waals surface area contributed by atoms with Crippen LogP contribution in [-0.4, -0.2) is 34.6 Å². The number of benzene rings is 1. The minimum atomic E-state index is -0.411. The molecule has 0 fully saturated rings. The second-order valence-corrected chi connectivity index (χ2v) is 4.42. The van der Waals surface area contributed by atoms with E-state index in [2.05, 4.69) is 9.97 Å². The lowest BCUT2D eigenvalue weighted by Crippen LogP contribution is -2.29.